The smallest absolute Gasteiger partial charge is 0.00465 e. The van der Waals surface area contributed by atoms with Gasteiger partial charge in [-0.2, -0.15) is 0 Å². The zero-order valence-electron chi connectivity index (χ0n) is 10.3. The van der Waals surface area contributed by atoms with Gasteiger partial charge in [0, 0.05) is 4.90 Å². The third kappa shape index (κ3) is 1.62. The standard InChI is InChI=1S/C18H12S/c19-14-8-5-13-7-9-16-15-4-2-1-3-12(15)6-10-17(16)18(13)11-14/h1-11,19H. The second-order valence-corrected chi connectivity index (χ2v) is 5.37. The van der Waals surface area contributed by atoms with E-state index in [1.54, 1.807) is 0 Å². The summed E-state index contributed by atoms with van der Waals surface area (Å²) in [6.45, 7) is 0. The Labute approximate surface area is 117 Å². The number of fused-ring (bicyclic) bond motifs is 5. The quantitative estimate of drug-likeness (QED) is 0.316. The maximum atomic E-state index is 4.46. The van der Waals surface area contributed by atoms with Gasteiger partial charge in [-0.3, -0.25) is 0 Å². The molecule has 0 aromatic heterocycles. The van der Waals surface area contributed by atoms with E-state index in [0.29, 0.717) is 0 Å². The summed E-state index contributed by atoms with van der Waals surface area (Å²) < 4.78 is 0. The van der Waals surface area contributed by atoms with E-state index in [2.05, 4.69) is 73.3 Å². The summed E-state index contributed by atoms with van der Waals surface area (Å²) in [5.41, 5.74) is 0. The lowest BCUT2D eigenvalue weighted by atomic mass is 9.97. The van der Waals surface area contributed by atoms with E-state index < -0.39 is 0 Å². The predicted octanol–water partition coefficient (Wildman–Crippen LogP) is 5.43. The summed E-state index contributed by atoms with van der Waals surface area (Å²) in [5.74, 6) is 0. The van der Waals surface area contributed by atoms with Gasteiger partial charge in [-0.05, 0) is 44.5 Å². The molecule has 0 aliphatic heterocycles. The van der Waals surface area contributed by atoms with Crippen molar-refractivity contribution in [2.24, 2.45) is 0 Å². The summed E-state index contributed by atoms with van der Waals surface area (Å²) in [6, 6.07) is 23.7. The van der Waals surface area contributed by atoms with Gasteiger partial charge in [-0.1, -0.05) is 54.6 Å². The minimum atomic E-state index is 1.01. The fourth-order valence-electron chi connectivity index (χ4n) is 2.81. The maximum Gasteiger partial charge on any atom is 0.00465 e. The minimum absolute atomic E-state index is 1.01. The summed E-state index contributed by atoms with van der Waals surface area (Å²) in [4.78, 5) is 1.01. The first-order valence-electron chi connectivity index (χ1n) is 6.36. The van der Waals surface area contributed by atoms with E-state index in [4.69, 9.17) is 0 Å². The first kappa shape index (κ1) is 10.9. The number of hydrogen-bond donors (Lipinski definition) is 1. The van der Waals surface area contributed by atoms with Crippen molar-refractivity contribution in [3.63, 3.8) is 0 Å². The Kier molecular flexibility index (Phi) is 2.30. The maximum absolute atomic E-state index is 4.46. The second-order valence-electron chi connectivity index (χ2n) is 4.85. The van der Waals surface area contributed by atoms with Crippen molar-refractivity contribution < 1.29 is 0 Å². The number of hydrogen-bond acceptors (Lipinski definition) is 1. The van der Waals surface area contributed by atoms with Crippen molar-refractivity contribution in [2.75, 3.05) is 0 Å². The number of rotatable bonds is 0. The highest BCUT2D eigenvalue weighted by atomic mass is 32.1. The SMILES string of the molecule is Sc1ccc2ccc3c4ccccc4ccc3c2c1. The van der Waals surface area contributed by atoms with Gasteiger partial charge >= 0.3 is 0 Å². The molecule has 4 aromatic rings. The average Bonchev–Trinajstić information content (AvgIpc) is 2.46. The van der Waals surface area contributed by atoms with Crippen LogP contribution in [0.2, 0.25) is 0 Å². The van der Waals surface area contributed by atoms with Crippen LogP contribution < -0.4 is 0 Å². The molecule has 0 fully saturated rings. The van der Waals surface area contributed by atoms with Crippen LogP contribution in [0, 0.1) is 0 Å². The number of benzene rings is 4. The lowest BCUT2D eigenvalue weighted by Crippen LogP contribution is -1.80. The summed E-state index contributed by atoms with van der Waals surface area (Å²) >= 11 is 4.46. The Balaban J connectivity index is 2.28. The third-order valence-corrected chi connectivity index (χ3v) is 4.01. The van der Waals surface area contributed by atoms with E-state index >= 15 is 0 Å². The van der Waals surface area contributed by atoms with Crippen LogP contribution in [-0.2, 0) is 0 Å². The lowest BCUT2D eigenvalue weighted by Gasteiger charge is -2.08. The molecular weight excluding hydrogens is 248 g/mol. The fraction of sp³-hybridized carbons (Fsp3) is 0. The number of thiol groups is 1. The largest absolute Gasteiger partial charge is 0.143 e. The molecule has 0 saturated carbocycles. The van der Waals surface area contributed by atoms with E-state index in [1.807, 2.05) is 6.07 Å². The van der Waals surface area contributed by atoms with Crippen LogP contribution in [-0.4, -0.2) is 0 Å². The Bertz CT molecular complexity index is 922. The summed E-state index contributed by atoms with van der Waals surface area (Å²) in [5, 5.41) is 7.75. The molecule has 19 heavy (non-hydrogen) atoms. The molecule has 0 amide bonds. The van der Waals surface area contributed by atoms with Gasteiger partial charge in [-0.15, -0.1) is 12.6 Å². The molecule has 0 radical (unpaired) electrons. The van der Waals surface area contributed by atoms with Gasteiger partial charge in [0.05, 0.1) is 0 Å². The van der Waals surface area contributed by atoms with E-state index in [1.165, 1.54) is 32.3 Å². The van der Waals surface area contributed by atoms with Crippen molar-refractivity contribution in [3.05, 3.63) is 66.7 Å². The molecule has 0 nitrogen and oxygen atoms in total. The van der Waals surface area contributed by atoms with Crippen molar-refractivity contribution in [1.82, 2.24) is 0 Å². The molecule has 90 valence electrons. The zero-order valence-corrected chi connectivity index (χ0v) is 11.2. The van der Waals surface area contributed by atoms with Crippen LogP contribution in [0.4, 0.5) is 0 Å². The van der Waals surface area contributed by atoms with Gasteiger partial charge in [-0.25, -0.2) is 0 Å². The minimum Gasteiger partial charge on any atom is -0.143 e. The summed E-state index contributed by atoms with van der Waals surface area (Å²) in [7, 11) is 0. The van der Waals surface area contributed by atoms with Gasteiger partial charge < -0.3 is 0 Å². The molecule has 0 aliphatic rings. The van der Waals surface area contributed by atoms with Gasteiger partial charge in [0.1, 0.15) is 0 Å². The van der Waals surface area contributed by atoms with Crippen LogP contribution >= 0.6 is 12.6 Å². The normalized spacial score (nSPS) is 11.4. The highest BCUT2D eigenvalue weighted by Crippen LogP contribution is 2.32. The molecule has 1 heteroatoms. The molecule has 4 rings (SSSR count). The lowest BCUT2D eigenvalue weighted by molar-refractivity contribution is 1.53. The Hall–Kier alpha value is -1.99. The highest BCUT2D eigenvalue weighted by Gasteiger charge is 2.04. The van der Waals surface area contributed by atoms with Crippen LogP contribution in [0.1, 0.15) is 0 Å². The molecule has 0 aliphatic carbocycles. The fourth-order valence-corrected chi connectivity index (χ4v) is 3.01. The van der Waals surface area contributed by atoms with E-state index in [0.717, 1.165) is 4.90 Å². The molecule has 0 saturated heterocycles. The van der Waals surface area contributed by atoms with Crippen molar-refractivity contribution >= 4 is 44.9 Å². The molecular formula is C18H12S. The molecule has 0 N–H and O–H groups in total. The molecule has 0 unspecified atom stereocenters. The first-order chi connectivity index (χ1) is 9.33. The summed E-state index contributed by atoms with van der Waals surface area (Å²) in [6.07, 6.45) is 0. The molecule has 0 heterocycles. The van der Waals surface area contributed by atoms with Crippen LogP contribution in [0.15, 0.2) is 71.6 Å². The Morgan fingerprint density at radius 3 is 2.00 bits per heavy atom. The predicted molar refractivity (Wildman–Crippen MR) is 86.2 cm³/mol. The topological polar surface area (TPSA) is 0 Å². The first-order valence-corrected chi connectivity index (χ1v) is 6.81. The Morgan fingerprint density at radius 1 is 0.526 bits per heavy atom. The Morgan fingerprint density at radius 2 is 1.16 bits per heavy atom. The molecule has 4 aromatic carbocycles. The van der Waals surface area contributed by atoms with Crippen LogP contribution in [0.5, 0.6) is 0 Å². The van der Waals surface area contributed by atoms with Gasteiger partial charge in [0.25, 0.3) is 0 Å². The molecule has 0 atom stereocenters. The average molecular weight is 260 g/mol. The van der Waals surface area contributed by atoms with Crippen molar-refractivity contribution in [3.8, 4) is 0 Å². The van der Waals surface area contributed by atoms with Crippen molar-refractivity contribution in [1.29, 1.82) is 0 Å². The van der Waals surface area contributed by atoms with Gasteiger partial charge in [0.2, 0.25) is 0 Å². The molecule has 0 bridgehead atoms. The van der Waals surface area contributed by atoms with E-state index in [9.17, 15) is 0 Å². The van der Waals surface area contributed by atoms with Crippen LogP contribution in [0.3, 0.4) is 0 Å². The molecule has 0 spiro atoms. The second kappa shape index (κ2) is 4.01. The third-order valence-electron chi connectivity index (χ3n) is 3.73. The van der Waals surface area contributed by atoms with Gasteiger partial charge in [0.15, 0.2) is 0 Å². The van der Waals surface area contributed by atoms with Crippen molar-refractivity contribution in [2.45, 2.75) is 4.90 Å². The highest BCUT2D eigenvalue weighted by molar-refractivity contribution is 7.80. The zero-order chi connectivity index (χ0) is 12.8. The van der Waals surface area contributed by atoms with Crippen LogP contribution in [0.25, 0.3) is 32.3 Å². The van der Waals surface area contributed by atoms with E-state index in [-0.39, 0.29) is 0 Å². The monoisotopic (exact) mass is 260 g/mol.